The number of esters is 1. The Balaban J connectivity index is 2.24. The standard InChI is InChI=1S/C9H14N2O3S2/c1-3-14-8(13)4-7(12)5-15-9-10-6(2)11-16-9/h7,12H,3-5H2,1-2H3. The van der Waals surface area contributed by atoms with Gasteiger partial charge in [-0.3, -0.25) is 4.79 Å². The van der Waals surface area contributed by atoms with Gasteiger partial charge in [-0.1, -0.05) is 11.8 Å². The molecular formula is C9H14N2O3S2. The zero-order valence-electron chi connectivity index (χ0n) is 9.17. The third-order valence-electron chi connectivity index (χ3n) is 1.62. The third kappa shape index (κ3) is 4.91. The third-order valence-corrected chi connectivity index (χ3v) is 3.69. The van der Waals surface area contributed by atoms with Crippen LogP contribution in [0.3, 0.4) is 0 Å². The number of hydrogen-bond donors (Lipinski definition) is 1. The quantitative estimate of drug-likeness (QED) is 0.614. The Labute approximate surface area is 102 Å². The molecule has 1 heterocycles. The first-order valence-electron chi connectivity index (χ1n) is 4.88. The summed E-state index contributed by atoms with van der Waals surface area (Å²) in [5.41, 5.74) is 0. The average Bonchev–Trinajstić information content (AvgIpc) is 2.61. The second-order valence-corrected chi connectivity index (χ2v) is 5.10. The molecule has 0 aliphatic rings. The Morgan fingerprint density at radius 2 is 2.44 bits per heavy atom. The summed E-state index contributed by atoms with van der Waals surface area (Å²) >= 11 is 2.69. The summed E-state index contributed by atoms with van der Waals surface area (Å²) in [4.78, 5) is 15.2. The van der Waals surface area contributed by atoms with Crippen LogP contribution < -0.4 is 0 Å². The van der Waals surface area contributed by atoms with E-state index in [0.29, 0.717) is 12.4 Å². The minimum atomic E-state index is -0.701. The molecule has 0 spiro atoms. The van der Waals surface area contributed by atoms with E-state index in [0.717, 1.165) is 10.2 Å². The minimum Gasteiger partial charge on any atom is -0.466 e. The molecule has 0 aliphatic heterocycles. The summed E-state index contributed by atoms with van der Waals surface area (Å²) in [5.74, 6) is 0.782. The van der Waals surface area contributed by atoms with Crippen molar-refractivity contribution in [2.24, 2.45) is 0 Å². The Morgan fingerprint density at radius 3 is 3.00 bits per heavy atom. The molecule has 1 N–H and O–H groups in total. The van der Waals surface area contributed by atoms with Crippen LogP contribution in [0.1, 0.15) is 19.2 Å². The lowest BCUT2D eigenvalue weighted by Crippen LogP contribution is -2.17. The maximum atomic E-state index is 11.1. The van der Waals surface area contributed by atoms with Gasteiger partial charge in [0.1, 0.15) is 5.82 Å². The van der Waals surface area contributed by atoms with Gasteiger partial charge in [0.15, 0.2) is 4.34 Å². The molecule has 7 heteroatoms. The molecule has 0 aromatic carbocycles. The van der Waals surface area contributed by atoms with E-state index in [9.17, 15) is 9.90 Å². The van der Waals surface area contributed by atoms with Crippen LogP contribution in [-0.4, -0.2) is 38.9 Å². The van der Waals surface area contributed by atoms with Crippen LogP contribution >= 0.6 is 23.3 Å². The van der Waals surface area contributed by atoms with Gasteiger partial charge in [-0.25, -0.2) is 4.98 Å². The molecular weight excluding hydrogens is 248 g/mol. The van der Waals surface area contributed by atoms with E-state index in [1.54, 1.807) is 6.92 Å². The first kappa shape index (κ1) is 13.4. The van der Waals surface area contributed by atoms with Gasteiger partial charge in [0, 0.05) is 5.75 Å². The SMILES string of the molecule is CCOC(=O)CC(O)CSc1nc(C)ns1. The van der Waals surface area contributed by atoms with Crippen LogP contribution in [0.4, 0.5) is 0 Å². The number of aromatic nitrogens is 2. The largest absolute Gasteiger partial charge is 0.466 e. The van der Waals surface area contributed by atoms with Crippen LogP contribution in [0.25, 0.3) is 0 Å². The van der Waals surface area contributed by atoms with Crippen LogP contribution in [0.15, 0.2) is 4.34 Å². The highest BCUT2D eigenvalue weighted by atomic mass is 32.2. The number of nitrogens with zero attached hydrogens (tertiary/aromatic N) is 2. The van der Waals surface area contributed by atoms with E-state index >= 15 is 0 Å². The molecule has 90 valence electrons. The van der Waals surface area contributed by atoms with Crippen molar-refractivity contribution < 1.29 is 14.6 Å². The summed E-state index contributed by atoms with van der Waals surface area (Å²) in [6, 6.07) is 0. The molecule has 0 fully saturated rings. The molecule has 0 bridgehead atoms. The second kappa shape index (κ2) is 6.82. The Bertz CT molecular complexity index is 343. The molecule has 1 aromatic rings. The number of thioether (sulfide) groups is 1. The molecule has 1 atom stereocenters. The van der Waals surface area contributed by atoms with Gasteiger partial charge in [-0.05, 0) is 25.4 Å². The van der Waals surface area contributed by atoms with Crippen molar-refractivity contribution in [2.75, 3.05) is 12.4 Å². The monoisotopic (exact) mass is 262 g/mol. The van der Waals surface area contributed by atoms with Crippen molar-refractivity contribution in [3.05, 3.63) is 5.82 Å². The fourth-order valence-corrected chi connectivity index (χ4v) is 2.58. The molecule has 1 rings (SSSR count). The highest BCUT2D eigenvalue weighted by Crippen LogP contribution is 2.21. The Kier molecular flexibility index (Phi) is 5.72. The predicted molar refractivity (Wildman–Crippen MR) is 62.6 cm³/mol. The van der Waals surface area contributed by atoms with Crippen molar-refractivity contribution >= 4 is 29.3 Å². The first-order chi connectivity index (χ1) is 7.61. The lowest BCUT2D eigenvalue weighted by molar-refractivity contribution is -0.144. The van der Waals surface area contributed by atoms with E-state index in [1.807, 2.05) is 6.92 Å². The number of hydrogen-bond acceptors (Lipinski definition) is 7. The molecule has 5 nitrogen and oxygen atoms in total. The number of aryl methyl sites for hydroxylation is 1. The summed E-state index contributed by atoms with van der Waals surface area (Å²) in [6.07, 6.45) is -0.674. The molecule has 0 aliphatic carbocycles. The summed E-state index contributed by atoms with van der Waals surface area (Å²) in [6.45, 7) is 3.90. The summed E-state index contributed by atoms with van der Waals surface area (Å²) in [5, 5.41) is 9.55. The molecule has 0 amide bonds. The number of ether oxygens (including phenoxy) is 1. The topological polar surface area (TPSA) is 72.3 Å². The van der Waals surface area contributed by atoms with Crippen molar-refractivity contribution in [3.8, 4) is 0 Å². The van der Waals surface area contributed by atoms with Crippen LogP contribution in [-0.2, 0) is 9.53 Å². The van der Waals surface area contributed by atoms with E-state index in [2.05, 4.69) is 9.36 Å². The van der Waals surface area contributed by atoms with Gasteiger partial charge in [0.05, 0.1) is 19.1 Å². The minimum absolute atomic E-state index is 0.0264. The van der Waals surface area contributed by atoms with Crippen LogP contribution in [0.2, 0.25) is 0 Å². The predicted octanol–water partition coefficient (Wildman–Crippen LogP) is 1.25. The first-order valence-corrected chi connectivity index (χ1v) is 6.64. The smallest absolute Gasteiger partial charge is 0.308 e. The molecule has 0 saturated carbocycles. The molecule has 1 aromatic heterocycles. The molecule has 0 radical (unpaired) electrons. The number of carbonyl (C=O) groups excluding carboxylic acids is 1. The number of aliphatic hydroxyl groups is 1. The van der Waals surface area contributed by atoms with Gasteiger partial charge in [-0.2, -0.15) is 4.37 Å². The Morgan fingerprint density at radius 1 is 1.69 bits per heavy atom. The van der Waals surface area contributed by atoms with Crippen molar-refractivity contribution in [2.45, 2.75) is 30.7 Å². The molecule has 16 heavy (non-hydrogen) atoms. The maximum absolute atomic E-state index is 11.1. The van der Waals surface area contributed by atoms with Crippen LogP contribution in [0, 0.1) is 6.92 Å². The zero-order chi connectivity index (χ0) is 12.0. The van der Waals surface area contributed by atoms with Crippen molar-refractivity contribution in [3.63, 3.8) is 0 Å². The summed E-state index contributed by atoms with van der Waals surface area (Å²) in [7, 11) is 0. The van der Waals surface area contributed by atoms with E-state index in [1.165, 1.54) is 23.3 Å². The number of rotatable bonds is 6. The fourth-order valence-electron chi connectivity index (χ4n) is 0.975. The zero-order valence-corrected chi connectivity index (χ0v) is 10.8. The molecule has 0 saturated heterocycles. The highest BCUT2D eigenvalue weighted by Gasteiger charge is 2.13. The number of aliphatic hydroxyl groups excluding tert-OH is 1. The van der Waals surface area contributed by atoms with Gasteiger partial charge >= 0.3 is 5.97 Å². The van der Waals surface area contributed by atoms with Crippen molar-refractivity contribution in [1.29, 1.82) is 0 Å². The van der Waals surface area contributed by atoms with Gasteiger partial charge in [-0.15, -0.1) is 0 Å². The highest BCUT2D eigenvalue weighted by molar-refractivity contribution is 8.00. The second-order valence-electron chi connectivity index (χ2n) is 3.08. The normalized spacial score (nSPS) is 12.4. The lowest BCUT2D eigenvalue weighted by Gasteiger charge is -2.07. The maximum Gasteiger partial charge on any atom is 0.308 e. The van der Waals surface area contributed by atoms with Crippen molar-refractivity contribution in [1.82, 2.24) is 9.36 Å². The number of carbonyl (C=O) groups is 1. The van der Waals surface area contributed by atoms with E-state index in [-0.39, 0.29) is 12.4 Å². The average molecular weight is 262 g/mol. The van der Waals surface area contributed by atoms with E-state index < -0.39 is 6.10 Å². The fraction of sp³-hybridized carbons (Fsp3) is 0.667. The van der Waals surface area contributed by atoms with Gasteiger partial charge in [0.25, 0.3) is 0 Å². The summed E-state index contributed by atoms with van der Waals surface area (Å²) < 4.78 is 9.56. The Hall–Kier alpha value is -0.660. The van der Waals surface area contributed by atoms with Gasteiger partial charge < -0.3 is 9.84 Å². The van der Waals surface area contributed by atoms with Gasteiger partial charge in [0.2, 0.25) is 0 Å². The van der Waals surface area contributed by atoms with E-state index in [4.69, 9.17) is 4.74 Å². The molecule has 1 unspecified atom stereocenters. The lowest BCUT2D eigenvalue weighted by atomic mass is 10.3. The van der Waals surface area contributed by atoms with Crippen LogP contribution in [0.5, 0.6) is 0 Å².